The lowest BCUT2D eigenvalue weighted by molar-refractivity contribution is -0.111. The van der Waals surface area contributed by atoms with Crippen LogP contribution in [0.5, 0.6) is 5.75 Å². The number of anilines is 5. The summed E-state index contributed by atoms with van der Waals surface area (Å²) in [7, 11) is 0. The van der Waals surface area contributed by atoms with Crippen LogP contribution in [0.2, 0.25) is 0 Å². The van der Waals surface area contributed by atoms with E-state index in [1.807, 2.05) is 24.3 Å². The number of ether oxygens (including phenoxy) is 1. The second-order valence-electron chi connectivity index (χ2n) is 7.95. The molecule has 2 aromatic carbocycles. The van der Waals surface area contributed by atoms with Gasteiger partial charge in [0.2, 0.25) is 11.9 Å². The summed E-state index contributed by atoms with van der Waals surface area (Å²) in [6.45, 7) is 6.17. The molecule has 0 saturated carbocycles. The predicted molar refractivity (Wildman–Crippen MR) is 131 cm³/mol. The van der Waals surface area contributed by atoms with Crippen molar-refractivity contribution in [2.24, 2.45) is 5.92 Å². The summed E-state index contributed by atoms with van der Waals surface area (Å²) in [5.74, 6) is 0.598. The zero-order valence-electron chi connectivity index (χ0n) is 18.7. The van der Waals surface area contributed by atoms with Crippen molar-refractivity contribution in [1.29, 1.82) is 0 Å². The van der Waals surface area contributed by atoms with Crippen molar-refractivity contribution in [3.63, 3.8) is 0 Å². The molecule has 4 rings (SSSR count). The molecule has 0 radical (unpaired) electrons. The number of piperidine rings is 1. The lowest BCUT2D eigenvalue weighted by Gasteiger charge is -2.22. The highest BCUT2D eigenvalue weighted by Crippen LogP contribution is 2.25. The van der Waals surface area contributed by atoms with Gasteiger partial charge in [-0.1, -0.05) is 18.7 Å². The van der Waals surface area contributed by atoms with E-state index in [1.54, 1.807) is 24.3 Å². The van der Waals surface area contributed by atoms with Crippen LogP contribution in [0.3, 0.4) is 0 Å². The fourth-order valence-electron chi connectivity index (χ4n) is 3.57. The van der Waals surface area contributed by atoms with E-state index in [9.17, 15) is 9.18 Å². The molecule has 8 nitrogen and oxygen atoms in total. The summed E-state index contributed by atoms with van der Waals surface area (Å²) in [5, 5.41) is 12.0. The first kappa shape index (κ1) is 23.2. The summed E-state index contributed by atoms with van der Waals surface area (Å²) < 4.78 is 20.4. The van der Waals surface area contributed by atoms with Crippen LogP contribution in [0, 0.1) is 11.7 Å². The van der Waals surface area contributed by atoms with E-state index in [2.05, 4.69) is 37.8 Å². The van der Waals surface area contributed by atoms with E-state index in [0.717, 1.165) is 43.6 Å². The van der Waals surface area contributed by atoms with Gasteiger partial charge in [-0.05, 0) is 68.3 Å². The van der Waals surface area contributed by atoms with Crippen LogP contribution in [0.15, 0.2) is 67.4 Å². The number of rotatable bonds is 9. The second kappa shape index (κ2) is 11.2. The van der Waals surface area contributed by atoms with Crippen LogP contribution in [0.25, 0.3) is 0 Å². The molecule has 1 aromatic heterocycles. The maximum atomic E-state index is 14.4. The largest absolute Gasteiger partial charge is 0.493 e. The van der Waals surface area contributed by atoms with Gasteiger partial charge in [-0.2, -0.15) is 4.98 Å². The molecule has 1 amide bonds. The first-order valence-electron chi connectivity index (χ1n) is 11.1. The molecule has 0 unspecified atom stereocenters. The molecular formula is C25H27FN6O2. The minimum Gasteiger partial charge on any atom is -0.493 e. The summed E-state index contributed by atoms with van der Waals surface area (Å²) in [6, 6.07) is 14.4. The zero-order valence-corrected chi connectivity index (χ0v) is 18.7. The standard InChI is InChI=1S/C25H27FN6O2/c1-2-23(33)29-18-5-3-6-19(13-18)30-24-22(26)15-28-25(32-24)31-20-7-4-8-21(14-20)34-16-17-9-11-27-12-10-17/h2-8,13-15,17,27H,1,9-12,16H2,(H,29,33)(H2,28,30,31,32). The fraction of sp³-hybridized carbons (Fsp3) is 0.240. The molecule has 0 aliphatic carbocycles. The number of aromatic nitrogens is 2. The number of halogens is 1. The van der Waals surface area contributed by atoms with Gasteiger partial charge >= 0.3 is 0 Å². The van der Waals surface area contributed by atoms with Gasteiger partial charge in [-0.25, -0.2) is 9.37 Å². The van der Waals surface area contributed by atoms with Gasteiger partial charge < -0.3 is 26.0 Å². The van der Waals surface area contributed by atoms with Gasteiger partial charge in [0.1, 0.15) is 5.75 Å². The van der Waals surface area contributed by atoms with Crippen LogP contribution >= 0.6 is 0 Å². The van der Waals surface area contributed by atoms with Gasteiger partial charge in [0.05, 0.1) is 12.8 Å². The summed E-state index contributed by atoms with van der Waals surface area (Å²) in [5.41, 5.74) is 1.83. The molecule has 9 heteroatoms. The molecule has 1 saturated heterocycles. The van der Waals surface area contributed by atoms with E-state index < -0.39 is 5.82 Å². The number of hydrogen-bond acceptors (Lipinski definition) is 7. The Morgan fingerprint density at radius 1 is 1.12 bits per heavy atom. The van der Waals surface area contributed by atoms with E-state index >= 15 is 0 Å². The summed E-state index contributed by atoms with van der Waals surface area (Å²) in [6.07, 6.45) is 4.50. The molecule has 0 spiro atoms. The molecule has 1 aliphatic heterocycles. The number of amides is 1. The lowest BCUT2D eigenvalue weighted by atomic mass is 9.99. The summed E-state index contributed by atoms with van der Waals surface area (Å²) >= 11 is 0. The minimum absolute atomic E-state index is 0.00279. The van der Waals surface area contributed by atoms with Crippen molar-refractivity contribution in [2.75, 3.05) is 35.6 Å². The van der Waals surface area contributed by atoms with Crippen LogP contribution < -0.4 is 26.0 Å². The third-order valence-corrected chi connectivity index (χ3v) is 5.36. The molecule has 2 heterocycles. The zero-order chi connectivity index (χ0) is 23.8. The first-order valence-corrected chi connectivity index (χ1v) is 11.1. The first-order chi connectivity index (χ1) is 16.6. The maximum absolute atomic E-state index is 14.4. The molecule has 4 N–H and O–H groups in total. The van der Waals surface area contributed by atoms with Crippen molar-refractivity contribution in [1.82, 2.24) is 15.3 Å². The molecular weight excluding hydrogens is 435 g/mol. The lowest BCUT2D eigenvalue weighted by Crippen LogP contribution is -2.30. The number of nitrogens with zero attached hydrogens (tertiary/aromatic N) is 2. The van der Waals surface area contributed by atoms with Gasteiger partial charge in [0.15, 0.2) is 11.6 Å². The number of hydrogen-bond donors (Lipinski definition) is 4. The highest BCUT2D eigenvalue weighted by molar-refractivity contribution is 5.99. The molecule has 34 heavy (non-hydrogen) atoms. The van der Waals surface area contributed by atoms with Crippen LogP contribution in [0.1, 0.15) is 12.8 Å². The maximum Gasteiger partial charge on any atom is 0.247 e. The second-order valence-corrected chi connectivity index (χ2v) is 7.95. The molecule has 176 valence electrons. The smallest absolute Gasteiger partial charge is 0.247 e. The number of carbonyl (C=O) groups is 1. The van der Waals surface area contributed by atoms with Crippen molar-refractivity contribution in [3.05, 3.63) is 73.2 Å². The molecule has 0 bridgehead atoms. The molecule has 0 atom stereocenters. The predicted octanol–water partition coefficient (Wildman–Crippen LogP) is 4.61. The SMILES string of the molecule is C=CC(=O)Nc1cccc(Nc2nc(Nc3cccc(OCC4CCNCC4)c3)ncc2F)c1. The highest BCUT2D eigenvalue weighted by Gasteiger charge is 2.14. The van der Waals surface area contributed by atoms with Crippen molar-refractivity contribution >= 4 is 34.7 Å². The van der Waals surface area contributed by atoms with Gasteiger partial charge in [0.25, 0.3) is 0 Å². The third kappa shape index (κ3) is 6.52. The topological polar surface area (TPSA) is 100 Å². The average Bonchev–Trinajstić information content (AvgIpc) is 2.86. The summed E-state index contributed by atoms with van der Waals surface area (Å²) in [4.78, 5) is 19.8. The van der Waals surface area contributed by atoms with E-state index in [1.165, 1.54) is 6.08 Å². The third-order valence-electron chi connectivity index (χ3n) is 5.36. The van der Waals surface area contributed by atoms with Crippen LogP contribution in [-0.2, 0) is 4.79 Å². The quantitative estimate of drug-likeness (QED) is 0.345. The van der Waals surface area contributed by atoms with Crippen LogP contribution in [0.4, 0.5) is 33.2 Å². The number of carbonyl (C=O) groups excluding carboxylic acids is 1. The van der Waals surface area contributed by atoms with Crippen molar-refractivity contribution < 1.29 is 13.9 Å². The van der Waals surface area contributed by atoms with E-state index in [0.29, 0.717) is 23.9 Å². The molecule has 1 fully saturated rings. The van der Waals surface area contributed by atoms with E-state index in [4.69, 9.17) is 4.74 Å². The Kier molecular flexibility index (Phi) is 7.67. The van der Waals surface area contributed by atoms with Gasteiger partial charge in [0, 0.05) is 23.1 Å². The van der Waals surface area contributed by atoms with Crippen LogP contribution in [-0.4, -0.2) is 35.6 Å². The van der Waals surface area contributed by atoms with E-state index in [-0.39, 0.29) is 17.7 Å². The Morgan fingerprint density at radius 2 is 1.85 bits per heavy atom. The Morgan fingerprint density at radius 3 is 2.65 bits per heavy atom. The van der Waals surface area contributed by atoms with Crippen molar-refractivity contribution in [2.45, 2.75) is 12.8 Å². The average molecular weight is 463 g/mol. The molecule has 1 aliphatic rings. The number of benzene rings is 2. The molecule has 3 aromatic rings. The Bertz CT molecular complexity index is 1150. The highest BCUT2D eigenvalue weighted by atomic mass is 19.1. The Hall–Kier alpha value is -3.98. The monoisotopic (exact) mass is 462 g/mol. The number of nitrogens with one attached hydrogen (secondary N) is 4. The van der Waals surface area contributed by atoms with Gasteiger partial charge in [-0.3, -0.25) is 4.79 Å². The minimum atomic E-state index is -0.606. The fourth-order valence-corrected chi connectivity index (χ4v) is 3.57. The van der Waals surface area contributed by atoms with Crippen molar-refractivity contribution in [3.8, 4) is 5.75 Å². The normalized spacial score (nSPS) is 13.7. The van der Waals surface area contributed by atoms with Gasteiger partial charge in [-0.15, -0.1) is 0 Å². The Labute approximate surface area is 197 Å². The Balaban J connectivity index is 1.42.